The molecule has 0 fully saturated rings. The van der Waals surface area contributed by atoms with Gasteiger partial charge in [0.2, 0.25) is 0 Å². The number of methoxy groups -OCH3 is 2. The molecule has 0 atom stereocenters. The van der Waals surface area contributed by atoms with Gasteiger partial charge in [0.05, 0.1) is 14.2 Å². The van der Waals surface area contributed by atoms with E-state index in [4.69, 9.17) is 0 Å². The van der Waals surface area contributed by atoms with Crippen LogP contribution >= 0.6 is 0 Å². The molecule has 0 aromatic heterocycles. The molecule has 0 bridgehead atoms. The van der Waals surface area contributed by atoms with Crippen LogP contribution in [0.2, 0.25) is 0 Å². The van der Waals surface area contributed by atoms with E-state index < -0.39 is 23.7 Å². The summed E-state index contributed by atoms with van der Waals surface area (Å²) in [6.07, 6.45) is 0. The van der Waals surface area contributed by atoms with Gasteiger partial charge in [-0.1, -0.05) is 12.1 Å². The lowest BCUT2D eigenvalue weighted by Gasteiger charge is -2.15. The Hall–Kier alpha value is -1.91. The molecule has 0 saturated carbocycles. The van der Waals surface area contributed by atoms with Crippen LogP contribution in [-0.4, -0.2) is 26.2 Å². The first-order valence-corrected chi connectivity index (χ1v) is 4.93. The fourth-order valence-corrected chi connectivity index (χ4v) is 1.52. The summed E-state index contributed by atoms with van der Waals surface area (Å²) >= 11 is 0. The quantitative estimate of drug-likeness (QED) is 0.594. The van der Waals surface area contributed by atoms with Crippen LogP contribution in [0.4, 0.5) is 4.39 Å². The summed E-state index contributed by atoms with van der Waals surface area (Å²) in [5.41, 5.74) is 0.483. The van der Waals surface area contributed by atoms with Gasteiger partial charge in [0, 0.05) is 0 Å². The summed E-state index contributed by atoms with van der Waals surface area (Å²) in [5, 5.41) is 0. The summed E-state index contributed by atoms with van der Waals surface area (Å²) in [5.74, 6) is -3.28. The number of ether oxygens (including phenoxy) is 2. The van der Waals surface area contributed by atoms with E-state index in [1.165, 1.54) is 25.1 Å². The number of hydrogen-bond acceptors (Lipinski definition) is 4. The summed E-state index contributed by atoms with van der Waals surface area (Å²) in [4.78, 5) is 23.1. The van der Waals surface area contributed by atoms with Crippen molar-refractivity contribution in [2.24, 2.45) is 0 Å². The third-order valence-electron chi connectivity index (χ3n) is 2.49. The van der Waals surface area contributed by atoms with Gasteiger partial charge in [-0.05, 0) is 24.1 Å². The number of halogens is 1. The molecule has 92 valence electrons. The van der Waals surface area contributed by atoms with Crippen molar-refractivity contribution in [2.75, 3.05) is 14.2 Å². The standard InChI is InChI=1S/C12H13FO4/c1-7-8(5-4-6-9(7)13)10(11(14)16-2)12(15)17-3/h4-6,10H,1-3H3. The molecule has 17 heavy (non-hydrogen) atoms. The highest BCUT2D eigenvalue weighted by molar-refractivity contribution is 6.01. The Morgan fingerprint density at radius 2 is 1.71 bits per heavy atom. The van der Waals surface area contributed by atoms with Gasteiger partial charge < -0.3 is 9.47 Å². The molecule has 4 nitrogen and oxygen atoms in total. The van der Waals surface area contributed by atoms with Gasteiger partial charge in [-0.15, -0.1) is 0 Å². The lowest BCUT2D eigenvalue weighted by atomic mass is 9.94. The lowest BCUT2D eigenvalue weighted by molar-refractivity contribution is -0.154. The van der Waals surface area contributed by atoms with E-state index in [-0.39, 0.29) is 11.1 Å². The van der Waals surface area contributed by atoms with Crippen LogP contribution < -0.4 is 0 Å². The molecular weight excluding hydrogens is 227 g/mol. The summed E-state index contributed by atoms with van der Waals surface area (Å²) in [7, 11) is 2.32. The largest absolute Gasteiger partial charge is 0.468 e. The average molecular weight is 240 g/mol. The minimum atomic E-state index is -1.25. The molecule has 1 aromatic carbocycles. The minimum Gasteiger partial charge on any atom is -0.468 e. The van der Waals surface area contributed by atoms with Gasteiger partial charge in [0.25, 0.3) is 0 Å². The molecule has 0 aliphatic rings. The van der Waals surface area contributed by atoms with Crippen molar-refractivity contribution in [1.82, 2.24) is 0 Å². The van der Waals surface area contributed by atoms with Crippen molar-refractivity contribution in [3.05, 3.63) is 35.1 Å². The number of hydrogen-bond donors (Lipinski definition) is 0. The van der Waals surface area contributed by atoms with Crippen molar-refractivity contribution in [2.45, 2.75) is 12.8 Å². The maximum Gasteiger partial charge on any atom is 0.324 e. The molecule has 0 amide bonds. The van der Waals surface area contributed by atoms with Crippen molar-refractivity contribution in [3.8, 4) is 0 Å². The third-order valence-corrected chi connectivity index (χ3v) is 2.49. The van der Waals surface area contributed by atoms with Gasteiger partial charge in [0.15, 0.2) is 5.92 Å². The molecule has 0 spiro atoms. The van der Waals surface area contributed by atoms with Crippen LogP contribution in [0.5, 0.6) is 0 Å². The molecule has 0 saturated heterocycles. The van der Waals surface area contributed by atoms with E-state index in [2.05, 4.69) is 9.47 Å². The molecule has 0 N–H and O–H groups in total. The Kier molecular flexibility index (Phi) is 4.20. The topological polar surface area (TPSA) is 52.6 Å². The van der Waals surface area contributed by atoms with Crippen LogP contribution in [-0.2, 0) is 19.1 Å². The highest BCUT2D eigenvalue weighted by Gasteiger charge is 2.32. The fraction of sp³-hybridized carbons (Fsp3) is 0.333. The first-order chi connectivity index (χ1) is 8.02. The first kappa shape index (κ1) is 13.2. The zero-order valence-electron chi connectivity index (χ0n) is 9.82. The summed E-state index contributed by atoms with van der Waals surface area (Å²) < 4.78 is 22.4. The Balaban J connectivity index is 3.27. The van der Waals surface area contributed by atoms with Gasteiger partial charge in [-0.3, -0.25) is 9.59 Å². The van der Waals surface area contributed by atoms with Gasteiger partial charge in [-0.2, -0.15) is 0 Å². The number of benzene rings is 1. The Labute approximate surface area is 98.3 Å². The SMILES string of the molecule is COC(=O)C(C(=O)OC)c1cccc(F)c1C. The van der Waals surface area contributed by atoms with E-state index in [0.717, 1.165) is 14.2 Å². The van der Waals surface area contributed by atoms with Gasteiger partial charge in [0.1, 0.15) is 5.82 Å². The van der Waals surface area contributed by atoms with Crippen molar-refractivity contribution in [1.29, 1.82) is 0 Å². The second-order valence-electron chi connectivity index (χ2n) is 3.43. The van der Waals surface area contributed by atoms with E-state index in [0.29, 0.717) is 0 Å². The molecule has 1 aromatic rings. The van der Waals surface area contributed by atoms with Crippen LogP contribution in [0.3, 0.4) is 0 Å². The zero-order valence-corrected chi connectivity index (χ0v) is 9.82. The van der Waals surface area contributed by atoms with Crippen LogP contribution in [0.25, 0.3) is 0 Å². The smallest absolute Gasteiger partial charge is 0.324 e. The summed E-state index contributed by atoms with van der Waals surface area (Å²) in [6, 6.07) is 4.18. The summed E-state index contributed by atoms with van der Waals surface area (Å²) in [6.45, 7) is 1.49. The molecule has 0 unspecified atom stereocenters. The number of esters is 2. The molecule has 0 aliphatic carbocycles. The predicted molar refractivity (Wildman–Crippen MR) is 57.9 cm³/mol. The molecule has 5 heteroatoms. The molecule has 0 aliphatic heterocycles. The van der Waals surface area contributed by atoms with Crippen LogP contribution in [0, 0.1) is 12.7 Å². The molecule has 0 radical (unpaired) electrons. The van der Waals surface area contributed by atoms with E-state index >= 15 is 0 Å². The maximum atomic E-state index is 13.4. The molecule has 1 rings (SSSR count). The maximum absolute atomic E-state index is 13.4. The number of carbonyl (C=O) groups excluding carboxylic acids is 2. The second-order valence-corrected chi connectivity index (χ2v) is 3.43. The Morgan fingerprint density at radius 1 is 1.18 bits per heavy atom. The van der Waals surface area contributed by atoms with E-state index in [1.54, 1.807) is 0 Å². The van der Waals surface area contributed by atoms with Crippen molar-refractivity contribution < 1.29 is 23.5 Å². The van der Waals surface area contributed by atoms with E-state index in [1.807, 2.05) is 0 Å². The Morgan fingerprint density at radius 3 is 2.18 bits per heavy atom. The monoisotopic (exact) mass is 240 g/mol. The highest BCUT2D eigenvalue weighted by atomic mass is 19.1. The number of rotatable bonds is 3. The molecular formula is C12H13FO4. The van der Waals surface area contributed by atoms with Crippen molar-refractivity contribution in [3.63, 3.8) is 0 Å². The minimum absolute atomic E-state index is 0.230. The van der Waals surface area contributed by atoms with Gasteiger partial charge in [-0.25, -0.2) is 4.39 Å². The van der Waals surface area contributed by atoms with Gasteiger partial charge >= 0.3 is 11.9 Å². The number of carbonyl (C=O) groups is 2. The first-order valence-electron chi connectivity index (χ1n) is 4.93. The van der Waals surface area contributed by atoms with Crippen molar-refractivity contribution >= 4 is 11.9 Å². The lowest BCUT2D eigenvalue weighted by Crippen LogP contribution is -2.25. The third kappa shape index (κ3) is 2.61. The average Bonchev–Trinajstić information content (AvgIpc) is 2.34. The Bertz CT molecular complexity index is 426. The second kappa shape index (κ2) is 5.43. The van der Waals surface area contributed by atoms with Crippen LogP contribution in [0.15, 0.2) is 18.2 Å². The normalized spacial score (nSPS) is 10.2. The predicted octanol–water partition coefficient (Wildman–Crippen LogP) is 1.56. The highest BCUT2D eigenvalue weighted by Crippen LogP contribution is 2.24. The molecule has 0 heterocycles. The van der Waals surface area contributed by atoms with E-state index in [9.17, 15) is 14.0 Å². The zero-order chi connectivity index (χ0) is 13.0. The van der Waals surface area contributed by atoms with Crippen LogP contribution in [0.1, 0.15) is 17.0 Å². The fourth-order valence-electron chi connectivity index (χ4n) is 1.52.